The average molecular weight is 448 g/mol. The maximum Gasteiger partial charge on any atom is 0.260 e. The Kier molecular flexibility index (Phi) is 5.59. The Labute approximate surface area is 190 Å². The third-order valence-corrected chi connectivity index (χ3v) is 5.97. The highest BCUT2D eigenvalue weighted by Gasteiger charge is 2.18. The number of fused-ring (bicyclic) bond motifs is 1. The maximum atomic E-state index is 13.4. The number of hydrogen-bond donors (Lipinski definition) is 1. The standard InChI is InChI=1S/C24H22ClN5O2/c1-2-30-22-17(13-27-24(29-22)28-18-7-9-32-14-18)10-20(23(30)31)19-6-5-15(11-21(19)25)16-4-3-8-26-12-16/h3-6,8,10-13,18H,2,7,9,14H2,1H3,(H,27,28,29). The normalized spacial score (nSPS) is 15.9. The van der Waals surface area contributed by atoms with Gasteiger partial charge in [0, 0.05) is 58.8 Å². The molecule has 0 radical (unpaired) electrons. The lowest BCUT2D eigenvalue weighted by atomic mass is 10.0. The van der Waals surface area contributed by atoms with Crippen molar-refractivity contribution in [2.24, 2.45) is 0 Å². The molecule has 1 N–H and O–H groups in total. The summed E-state index contributed by atoms with van der Waals surface area (Å²) in [6, 6.07) is 11.5. The summed E-state index contributed by atoms with van der Waals surface area (Å²) >= 11 is 6.63. The molecular formula is C24H22ClN5O2. The van der Waals surface area contributed by atoms with Crippen molar-refractivity contribution in [2.45, 2.75) is 25.9 Å². The van der Waals surface area contributed by atoms with E-state index in [-0.39, 0.29) is 11.6 Å². The van der Waals surface area contributed by atoms with Gasteiger partial charge < -0.3 is 10.1 Å². The molecule has 3 aromatic heterocycles. The van der Waals surface area contributed by atoms with Crippen LogP contribution in [0.5, 0.6) is 0 Å². The number of benzene rings is 1. The highest BCUT2D eigenvalue weighted by Crippen LogP contribution is 2.31. The van der Waals surface area contributed by atoms with E-state index in [0.29, 0.717) is 40.9 Å². The first-order valence-corrected chi connectivity index (χ1v) is 11.0. The summed E-state index contributed by atoms with van der Waals surface area (Å²) in [6.45, 7) is 3.78. The molecule has 1 fully saturated rings. The Balaban J connectivity index is 1.57. The van der Waals surface area contributed by atoms with Gasteiger partial charge in [-0.25, -0.2) is 4.98 Å². The van der Waals surface area contributed by atoms with Crippen LogP contribution in [0.15, 0.2) is 59.8 Å². The van der Waals surface area contributed by atoms with E-state index in [1.54, 1.807) is 23.2 Å². The van der Waals surface area contributed by atoms with E-state index in [9.17, 15) is 4.79 Å². The van der Waals surface area contributed by atoms with E-state index in [2.05, 4.69) is 20.3 Å². The quantitative estimate of drug-likeness (QED) is 0.488. The predicted octanol–water partition coefficient (Wildman–Crippen LogP) is 4.39. The Morgan fingerprint density at radius 1 is 1.19 bits per heavy atom. The lowest BCUT2D eigenvalue weighted by molar-refractivity contribution is 0.195. The first-order chi connectivity index (χ1) is 15.6. The summed E-state index contributed by atoms with van der Waals surface area (Å²) in [5.74, 6) is 0.501. The average Bonchev–Trinajstić information content (AvgIpc) is 3.33. The second-order valence-electron chi connectivity index (χ2n) is 7.72. The first kappa shape index (κ1) is 20.6. The molecule has 1 aliphatic heterocycles. The summed E-state index contributed by atoms with van der Waals surface area (Å²) in [6.07, 6.45) is 6.17. The van der Waals surface area contributed by atoms with Gasteiger partial charge in [0.15, 0.2) is 0 Å². The van der Waals surface area contributed by atoms with Crippen LogP contribution in [0.1, 0.15) is 13.3 Å². The van der Waals surface area contributed by atoms with Crippen LogP contribution in [0, 0.1) is 0 Å². The minimum Gasteiger partial charge on any atom is -0.379 e. The molecule has 0 bridgehead atoms. The van der Waals surface area contributed by atoms with Crippen LogP contribution >= 0.6 is 11.6 Å². The zero-order chi connectivity index (χ0) is 22.1. The van der Waals surface area contributed by atoms with Crippen LogP contribution in [0.4, 0.5) is 5.95 Å². The van der Waals surface area contributed by atoms with E-state index < -0.39 is 0 Å². The number of nitrogens with one attached hydrogen (secondary N) is 1. The predicted molar refractivity (Wildman–Crippen MR) is 126 cm³/mol. The largest absolute Gasteiger partial charge is 0.379 e. The number of ether oxygens (including phenoxy) is 1. The van der Waals surface area contributed by atoms with Gasteiger partial charge in [0.2, 0.25) is 5.95 Å². The molecule has 1 saturated heterocycles. The van der Waals surface area contributed by atoms with Crippen molar-refractivity contribution in [1.82, 2.24) is 19.5 Å². The fourth-order valence-electron chi connectivity index (χ4n) is 3.99. The highest BCUT2D eigenvalue weighted by atomic mass is 35.5. The molecule has 0 spiro atoms. The van der Waals surface area contributed by atoms with E-state index in [1.807, 2.05) is 43.3 Å². The number of aryl methyl sites for hydroxylation is 1. The first-order valence-electron chi connectivity index (χ1n) is 10.6. The topological polar surface area (TPSA) is 81.9 Å². The number of hydrogen-bond acceptors (Lipinski definition) is 6. The molecule has 0 amide bonds. The molecule has 1 aliphatic rings. The molecular weight excluding hydrogens is 426 g/mol. The van der Waals surface area contributed by atoms with E-state index in [4.69, 9.17) is 16.3 Å². The highest BCUT2D eigenvalue weighted by molar-refractivity contribution is 6.33. The van der Waals surface area contributed by atoms with Gasteiger partial charge in [-0.3, -0.25) is 14.3 Å². The van der Waals surface area contributed by atoms with Crippen molar-refractivity contribution in [3.63, 3.8) is 0 Å². The Bertz CT molecular complexity index is 1330. The SMILES string of the molecule is CCn1c(=O)c(-c2ccc(-c3cccnc3)cc2Cl)cc2cnc(NC3CCOC3)nc21. The van der Waals surface area contributed by atoms with Crippen LogP contribution < -0.4 is 10.9 Å². The smallest absolute Gasteiger partial charge is 0.260 e. The molecule has 32 heavy (non-hydrogen) atoms. The van der Waals surface area contributed by atoms with Crippen molar-refractivity contribution < 1.29 is 4.74 Å². The Hall–Kier alpha value is -3.29. The lowest BCUT2D eigenvalue weighted by Gasteiger charge is -2.14. The van der Waals surface area contributed by atoms with Gasteiger partial charge in [0.05, 0.1) is 12.6 Å². The summed E-state index contributed by atoms with van der Waals surface area (Å²) < 4.78 is 7.06. The summed E-state index contributed by atoms with van der Waals surface area (Å²) in [5.41, 5.74) is 3.57. The summed E-state index contributed by atoms with van der Waals surface area (Å²) in [7, 11) is 0. The van der Waals surface area contributed by atoms with Crippen molar-refractivity contribution in [3.05, 3.63) is 70.4 Å². The van der Waals surface area contributed by atoms with Crippen molar-refractivity contribution in [2.75, 3.05) is 18.5 Å². The minimum absolute atomic E-state index is 0.134. The van der Waals surface area contributed by atoms with Crippen molar-refractivity contribution >= 4 is 28.6 Å². The molecule has 1 unspecified atom stereocenters. The van der Waals surface area contributed by atoms with Gasteiger partial charge in [0.1, 0.15) is 5.65 Å². The molecule has 0 saturated carbocycles. The fourth-order valence-corrected chi connectivity index (χ4v) is 4.27. The minimum atomic E-state index is -0.134. The van der Waals surface area contributed by atoms with Gasteiger partial charge in [-0.2, -0.15) is 4.98 Å². The molecule has 1 atom stereocenters. The zero-order valence-corrected chi connectivity index (χ0v) is 18.3. The number of nitrogens with zero attached hydrogens (tertiary/aromatic N) is 4. The third kappa shape index (κ3) is 3.85. The Morgan fingerprint density at radius 3 is 2.81 bits per heavy atom. The number of aromatic nitrogens is 4. The molecule has 1 aromatic carbocycles. The molecule has 0 aliphatic carbocycles. The molecule has 5 rings (SSSR count). The van der Waals surface area contributed by atoms with E-state index in [0.717, 1.165) is 29.5 Å². The van der Waals surface area contributed by atoms with Crippen LogP contribution in [0.25, 0.3) is 33.3 Å². The maximum absolute atomic E-state index is 13.4. The summed E-state index contributed by atoms with van der Waals surface area (Å²) in [4.78, 5) is 26.6. The van der Waals surface area contributed by atoms with Crippen LogP contribution in [-0.2, 0) is 11.3 Å². The number of pyridine rings is 2. The van der Waals surface area contributed by atoms with Gasteiger partial charge in [0.25, 0.3) is 5.56 Å². The number of halogens is 1. The van der Waals surface area contributed by atoms with Gasteiger partial charge in [-0.05, 0) is 37.1 Å². The molecule has 7 nitrogen and oxygen atoms in total. The van der Waals surface area contributed by atoms with Crippen molar-refractivity contribution in [1.29, 1.82) is 0 Å². The monoisotopic (exact) mass is 447 g/mol. The summed E-state index contributed by atoms with van der Waals surface area (Å²) in [5, 5.41) is 4.58. The molecule has 4 aromatic rings. The molecule has 4 heterocycles. The van der Waals surface area contributed by atoms with Gasteiger partial charge in [-0.15, -0.1) is 0 Å². The van der Waals surface area contributed by atoms with Crippen LogP contribution in [0.3, 0.4) is 0 Å². The van der Waals surface area contributed by atoms with Gasteiger partial charge >= 0.3 is 0 Å². The lowest BCUT2D eigenvalue weighted by Crippen LogP contribution is -2.24. The second-order valence-corrected chi connectivity index (χ2v) is 8.13. The fraction of sp³-hybridized carbons (Fsp3) is 0.250. The van der Waals surface area contributed by atoms with Crippen LogP contribution in [0.2, 0.25) is 5.02 Å². The van der Waals surface area contributed by atoms with E-state index in [1.165, 1.54) is 0 Å². The van der Waals surface area contributed by atoms with Crippen LogP contribution in [-0.4, -0.2) is 38.8 Å². The van der Waals surface area contributed by atoms with Gasteiger partial charge in [-0.1, -0.05) is 29.8 Å². The molecule has 162 valence electrons. The second kappa shape index (κ2) is 8.68. The number of anilines is 1. The number of rotatable bonds is 5. The zero-order valence-electron chi connectivity index (χ0n) is 17.6. The Morgan fingerprint density at radius 2 is 2.09 bits per heavy atom. The third-order valence-electron chi connectivity index (χ3n) is 5.66. The van der Waals surface area contributed by atoms with Crippen molar-refractivity contribution in [3.8, 4) is 22.3 Å². The van der Waals surface area contributed by atoms with E-state index >= 15 is 0 Å². The molecule has 8 heteroatoms.